The van der Waals surface area contributed by atoms with Gasteiger partial charge in [-0.2, -0.15) is 0 Å². The second kappa shape index (κ2) is 9.72. The van der Waals surface area contributed by atoms with Crippen LogP contribution in [-0.2, 0) is 19.1 Å². The molecule has 1 aliphatic rings. The summed E-state index contributed by atoms with van der Waals surface area (Å²) in [4.78, 5) is 23.1. The van der Waals surface area contributed by atoms with E-state index in [0.717, 1.165) is 32.1 Å². The summed E-state index contributed by atoms with van der Waals surface area (Å²) in [6, 6.07) is -0.286. The van der Waals surface area contributed by atoms with Gasteiger partial charge in [0.05, 0.1) is 19.1 Å². The van der Waals surface area contributed by atoms with Gasteiger partial charge in [0.15, 0.2) is 0 Å². The third-order valence-electron chi connectivity index (χ3n) is 3.59. The maximum absolute atomic E-state index is 11.8. The standard InChI is InChI=1S/C14H25NO5/c1-19-8-9-20-10-13(16)15-12-7-5-3-2-4-6-11(12)14(17)18/h11-12H,2-10H2,1H3,(H,15,16)(H,17,18). The summed E-state index contributed by atoms with van der Waals surface area (Å²) in [6.07, 6.45) is 5.39. The number of carbonyl (C=O) groups is 2. The Balaban J connectivity index is 2.42. The zero-order chi connectivity index (χ0) is 14.8. The molecule has 20 heavy (non-hydrogen) atoms. The first-order valence-electron chi connectivity index (χ1n) is 7.24. The lowest BCUT2D eigenvalue weighted by Crippen LogP contribution is -2.45. The van der Waals surface area contributed by atoms with Crippen molar-refractivity contribution in [2.24, 2.45) is 5.92 Å². The highest BCUT2D eigenvalue weighted by Gasteiger charge is 2.29. The molecule has 0 spiro atoms. The van der Waals surface area contributed by atoms with E-state index >= 15 is 0 Å². The minimum Gasteiger partial charge on any atom is -0.481 e. The van der Waals surface area contributed by atoms with Crippen LogP contribution < -0.4 is 5.32 Å². The Morgan fingerprint density at radius 2 is 1.85 bits per heavy atom. The van der Waals surface area contributed by atoms with Crippen molar-refractivity contribution in [3.8, 4) is 0 Å². The Kier molecular flexibility index (Phi) is 8.22. The Bertz CT molecular complexity index is 308. The molecule has 6 heteroatoms. The fourth-order valence-corrected chi connectivity index (χ4v) is 2.51. The van der Waals surface area contributed by atoms with E-state index in [1.165, 1.54) is 0 Å². The lowest BCUT2D eigenvalue weighted by Gasteiger charge is -2.27. The third kappa shape index (κ3) is 6.34. The molecule has 0 radical (unpaired) electrons. The molecule has 0 saturated heterocycles. The molecule has 1 rings (SSSR count). The summed E-state index contributed by atoms with van der Waals surface area (Å²) in [5, 5.41) is 12.1. The van der Waals surface area contributed by atoms with Crippen LogP contribution in [0.1, 0.15) is 38.5 Å². The molecule has 0 bridgehead atoms. The van der Waals surface area contributed by atoms with Gasteiger partial charge >= 0.3 is 5.97 Å². The van der Waals surface area contributed by atoms with Crippen molar-refractivity contribution in [2.45, 2.75) is 44.6 Å². The van der Waals surface area contributed by atoms with Crippen LogP contribution in [-0.4, -0.2) is 50.0 Å². The van der Waals surface area contributed by atoms with Gasteiger partial charge in [-0.15, -0.1) is 0 Å². The number of methoxy groups -OCH3 is 1. The van der Waals surface area contributed by atoms with E-state index in [4.69, 9.17) is 9.47 Å². The number of hydrogen-bond donors (Lipinski definition) is 2. The Labute approximate surface area is 119 Å². The van der Waals surface area contributed by atoms with Crippen LogP contribution in [0.15, 0.2) is 0 Å². The third-order valence-corrected chi connectivity index (χ3v) is 3.59. The fourth-order valence-electron chi connectivity index (χ4n) is 2.51. The second-order valence-corrected chi connectivity index (χ2v) is 5.16. The maximum Gasteiger partial charge on any atom is 0.308 e. The highest BCUT2D eigenvalue weighted by Crippen LogP contribution is 2.23. The van der Waals surface area contributed by atoms with E-state index in [0.29, 0.717) is 19.6 Å². The van der Waals surface area contributed by atoms with Gasteiger partial charge in [-0.25, -0.2) is 0 Å². The van der Waals surface area contributed by atoms with Crippen LogP contribution in [0, 0.1) is 5.92 Å². The van der Waals surface area contributed by atoms with Crippen LogP contribution in [0.3, 0.4) is 0 Å². The highest BCUT2D eigenvalue weighted by molar-refractivity contribution is 5.79. The van der Waals surface area contributed by atoms with Gasteiger partial charge in [0, 0.05) is 13.2 Å². The zero-order valence-corrected chi connectivity index (χ0v) is 12.1. The summed E-state index contributed by atoms with van der Waals surface area (Å²) in [5.74, 6) is -1.56. The Morgan fingerprint density at radius 1 is 1.15 bits per heavy atom. The smallest absolute Gasteiger partial charge is 0.308 e. The Morgan fingerprint density at radius 3 is 2.50 bits per heavy atom. The van der Waals surface area contributed by atoms with Crippen molar-refractivity contribution in [1.29, 1.82) is 0 Å². The lowest BCUT2D eigenvalue weighted by molar-refractivity contribution is -0.143. The van der Waals surface area contributed by atoms with Gasteiger partial charge in [0.25, 0.3) is 0 Å². The van der Waals surface area contributed by atoms with Crippen LogP contribution in [0.25, 0.3) is 0 Å². The summed E-state index contributed by atoms with van der Waals surface area (Å²) in [6.45, 7) is 0.748. The summed E-state index contributed by atoms with van der Waals surface area (Å²) >= 11 is 0. The van der Waals surface area contributed by atoms with E-state index in [1.807, 2.05) is 0 Å². The van der Waals surface area contributed by atoms with Gasteiger partial charge < -0.3 is 19.9 Å². The minimum atomic E-state index is -0.822. The highest BCUT2D eigenvalue weighted by atomic mass is 16.5. The van der Waals surface area contributed by atoms with Gasteiger partial charge in [-0.05, 0) is 12.8 Å². The zero-order valence-electron chi connectivity index (χ0n) is 12.1. The number of hydrogen-bond acceptors (Lipinski definition) is 4. The van der Waals surface area contributed by atoms with Crippen molar-refractivity contribution >= 4 is 11.9 Å². The number of rotatable bonds is 7. The normalized spacial score (nSPS) is 23.6. The number of carboxylic acids is 1. The molecular weight excluding hydrogens is 262 g/mol. The molecular formula is C14H25NO5. The summed E-state index contributed by atoms with van der Waals surface area (Å²) < 4.78 is 9.96. The van der Waals surface area contributed by atoms with Gasteiger partial charge in [0.2, 0.25) is 5.91 Å². The number of carboxylic acid groups (broad SMARTS) is 1. The molecule has 0 aromatic rings. The van der Waals surface area contributed by atoms with Crippen molar-refractivity contribution in [1.82, 2.24) is 5.32 Å². The molecule has 1 saturated carbocycles. The molecule has 0 heterocycles. The molecule has 2 unspecified atom stereocenters. The topological polar surface area (TPSA) is 84.9 Å². The fraction of sp³-hybridized carbons (Fsp3) is 0.857. The van der Waals surface area contributed by atoms with Crippen molar-refractivity contribution in [3.63, 3.8) is 0 Å². The molecule has 116 valence electrons. The molecule has 2 atom stereocenters. The average Bonchev–Trinajstić information content (AvgIpc) is 2.37. The van der Waals surface area contributed by atoms with Crippen molar-refractivity contribution in [2.75, 3.05) is 26.9 Å². The van der Waals surface area contributed by atoms with Gasteiger partial charge in [-0.1, -0.05) is 25.7 Å². The van der Waals surface area contributed by atoms with Crippen LogP contribution in [0.4, 0.5) is 0 Å². The molecule has 2 N–H and O–H groups in total. The van der Waals surface area contributed by atoms with Gasteiger partial charge in [-0.3, -0.25) is 9.59 Å². The predicted octanol–water partition coefficient (Wildman–Crippen LogP) is 1.19. The van der Waals surface area contributed by atoms with E-state index in [9.17, 15) is 14.7 Å². The predicted molar refractivity (Wildman–Crippen MR) is 73.5 cm³/mol. The molecule has 1 aliphatic carbocycles. The van der Waals surface area contributed by atoms with E-state index < -0.39 is 11.9 Å². The average molecular weight is 287 g/mol. The minimum absolute atomic E-state index is 0.0494. The maximum atomic E-state index is 11.8. The summed E-state index contributed by atoms with van der Waals surface area (Å²) in [7, 11) is 1.56. The SMILES string of the molecule is COCCOCC(=O)NC1CCCCCCC1C(=O)O. The number of aliphatic carboxylic acids is 1. The number of nitrogens with one attached hydrogen (secondary N) is 1. The molecule has 0 aromatic heterocycles. The number of ether oxygens (including phenoxy) is 2. The van der Waals surface area contributed by atoms with Crippen LogP contribution in [0.2, 0.25) is 0 Å². The van der Waals surface area contributed by atoms with Crippen LogP contribution in [0.5, 0.6) is 0 Å². The first-order chi connectivity index (χ1) is 9.65. The van der Waals surface area contributed by atoms with Crippen molar-refractivity contribution < 1.29 is 24.2 Å². The van der Waals surface area contributed by atoms with Crippen LogP contribution >= 0.6 is 0 Å². The molecule has 1 fully saturated rings. The van der Waals surface area contributed by atoms with E-state index in [-0.39, 0.29) is 18.6 Å². The number of amides is 1. The number of carbonyl (C=O) groups excluding carboxylic acids is 1. The second-order valence-electron chi connectivity index (χ2n) is 5.16. The monoisotopic (exact) mass is 287 g/mol. The van der Waals surface area contributed by atoms with E-state index in [2.05, 4.69) is 5.32 Å². The lowest BCUT2D eigenvalue weighted by atomic mass is 9.87. The molecule has 0 aliphatic heterocycles. The summed E-state index contributed by atoms with van der Waals surface area (Å²) in [5.41, 5.74) is 0. The largest absolute Gasteiger partial charge is 0.481 e. The molecule has 1 amide bonds. The van der Waals surface area contributed by atoms with Crippen molar-refractivity contribution in [3.05, 3.63) is 0 Å². The van der Waals surface area contributed by atoms with Gasteiger partial charge in [0.1, 0.15) is 6.61 Å². The molecule has 6 nitrogen and oxygen atoms in total. The molecule has 0 aromatic carbocycles. The Hall–Kier alpha value is -1.14. The first kappa shape index (κ1) is 16.9. The first-order valence-corrected chi connectivity index (χ1v) is 7.24. The quantitative estimate of drug-likeness (QED) is 0.687. The van der Waals surface area contributed by atoms with E-state index in [1.54, 1.807) is 7.11 Å².